The van der Waals surface area contributed by atoms with Crippen LogP contribution in [0, 0.1) is 5.41 Å². The van der Waals surface area contributed by atoms with Crippen molar-refractivity contribution in [2.75, 3.05) is 25.5 Å². The number of carbonyl (C=O) groups is 2. The Morgan fingerprint density at radius 3 is 2.40 bits per heavy atom. The van der Waals surface area contributed by atoms with Crippen molar-refractivity contribution in [1.82, 2.24) is 10.2 Å². The number of thiol groups is 1. The topological polar surface area (TPSA) is 58.6 Å². The molecule has 1 N–H and O–H groups in total. The van der Waals surface area contributed by atoms with Gasteiger partial charge in [-0.1, -0.05) is 12.8 Å². The van der Waals surface area contributed by atoms with Gasteiger partial charge in [-0.25, -0.2) is 4.79 Å². The summed E-state index contributed by atoms with van der Waals surface area (Å²) in [4.78, 5) is 26.4. The minimum Gasteiger partial charge on any atom is -0.381 e. The molecule has 1 aliphatic carbocycles. The minimum absolute atomic E-state index is 0.0206. The highest BCUT2D eigenvalue weighted by Gasteiger charge is 2.53. The molecule has 1 spiro atoms. The van der Waals surface area contributed by atoms with Gasteiger partial charge in [-0.2, -0.15) is 12.6 Å². The standard InChI is InChI=1S/C14H22N2O3S/c17-11-14(5-7-19-8-6-14)15-12(18)16(11)9-13(10-20)3-1-2-4-13/h20H,1-10H2,(H,15,18). The summed E-state index contributed by atoms with van der Waals surface area (Å²) in [6.45, 7) is 1.60. The van der Waals surface area contributed by atoms with Gasteiger partial charge < -0.3 is 10.1 Å². The highest BCUT2D eigenvalue weighted by molar-refractivity contribution is 7.80. The summed E-state index contributed by atoms with van der Waals surface area (Å²) < 4.78 is 5.32. The Labute approximate surface area is 124 Å². The number of amides is 3. The summed E-state index contributed by atoms with van der Waals surface area (Å²) in [5.41, 5.74) is -0.682. The third kappa shape index (κ3) is 2.22. The molecule has 0 aromatic rings. The Hall–Kier alpha value is -0.750. The third-order valence-electron chi connectivity index (χ3n) is 5.09. The number of ether oxygens (including phenoxy) is 1. The first-order valence-corrected chi connectivity index (χ1v) is 8.07. The van der Waals surface area contributed by atoms with Gasteiger partial charge in [0.1, 0.15) is 5.54 Å². The molecular formula is C14H22N2O3S. The fourth-order valence-corrected chi connectivity index (χ4v) is 4.12. The molecule has 3 amide bonds. The van der Waals surface area contributed by atoms with Crippen LogP contribution in [0.1, 0.15) is 38.5 Å². The van der Waals surface area contributed by atoms with E-state index in [0.29, 0.717) is 32.6 Å². The van der Waals surface area contributed by atoms with E-state index in [0.717, 1.165) is 18.6 Å². The normalized spacial score (nSPS) is 28.1. The van der Waals surface area contributed by atoms with Crippen LogP contribution in [-0.4, -0.2) is 47.9 Å². The van der Waals surface area contributed by atoms with Crippen LogP contribution in [0.4, 0.5) is 4.79 Å². The molecule has 0 aromatic carbocycles. The fraction of sp³-hybridized carbons (Fsp3) is 0.857. The summed E-state index contributed by atoms with van der Waals surface area (Å²) in [5, 5.41) is 2.92. The maximum atomic E-state index is 12.7. The molecule has 2 aliphatic heterocycles. The second-order valence-electron chi connectivity index (χ2n) is 6.38. The zero-order valence-corrected chi connectivity index (χ0v) is 12.6. The molecule has 0 unspecified atom stereocenters. The van der Waals surface area contributed by atoms with E-state index in [-0.39, 0.29) is 17.4 Å². The van der Waals surface area contributed by atoms with Crippen molar-refractivity contribution in [1.29, 1.82) is 0 Å². The van der Waals surface area contributed by atoms with Crippen molar-refractivity contribution in [3.8, 4) is 0 Å². The van der Waals surface area contributed by atoms with E-state index < -0.39 is 5.54 Å². The number of imide groups is 1. The van der Waals surface area contributed by atoms with E-state index in [1.807, 2.05) is 0 Å². The van der Waals surface area contributed by atoms with E-state index in [2.05, 4.69) is 17.9 Å². The Kier molecular flexibility index (Phi) is 3.71. The molecule has 1 saturated carbocycles. The molecule has 3 aliphatic rings. The lowest BCUT2D eigenvalue weighted by Gasteiger charge is -2.33. The van der Waals surface area contributed by atoms with Crippen LogP contribution >= 0.6 is 12.6 Å². The highest BCUT2D eigenvalue weighted by Crippen LogP contribution is 2.41. The first kappa shape index (κ1) is 14.2. The SMILES string of the molecule is O=C1NC2(CCOCC2)C(=O)N1CC1(CS)CCCC1. The summed E-state index contributed by atoms with van der Waals surface area (Å²) >= 11 is 4.46. The summed E-state index contributed by atoms with van der Waals surface area (Å²) in [6, 6.07) is -0.232. The largest absolute Gasteiger partial charge is 0.381 e. The van der Waals surface area contributed by atoms with Gasteiger partial charge in [0.05, 0.1) is 0 Å². The van der Waals surface area contributed by atoms with Gasteiger partial charge in [-0.05, 0) is 24.0 Å². The molecule has 3 rings (SSSR count). The van der Waals surface area contributed by atoms with Gasteiger partial charge >= 0.3 is 6.03 Å². The molecule has 2 saturated heterocycles. The van der Waals surface area contributed by atoms with Gasteiger partial charge in [0.25, 0.3) is 5.91 Å². The van der Waals surface area contributed by atoms with Gasteiger partial charge in [0.2, 0.25) is 0 Å². The first-order chi connectivity index (χ1) is 9.61. The number of hydrogen-bond donors (Lipinski definition) is 2. The molecule has 0 bridgehead atoms. The van der Waals surface area contributed by atoms with E-state index >= 15 is 0 Å². The van der Waals surface area contributed by atoms with Gasteiger partial charge in [0.15, 0.2) is 0 Å². The predicted octanol–water partition coefficient (Wildman–Crippen LogP) is 1.58. The Morgan fingerprint density at radius 1 is 1.15 bits per heavy atom. The zero-order chi connectivity index (χ0) is 14.2. The van der Waals surface area contributed by atoms with Crippen LogP contribution in [0.3, 0.4) is 0 Å². The second-order valence-corrected chi connectivity index (χ2v) is 6.70. The van der Waals surface area contributed by atoms with Crippen LogP contribution in [-0.2, 0) is 9.53 Å². The molecule has 6 heteroatoms. The average molecular weight is 298 g/mol. The van der Waals surface area contributed by atoms with Crippen LogP contribution in [0.5, 0.6) is 0 Å². The van der Waals surface area contributed by atoms with Crippen molar-refractivity contribution in [2.45, 2.75) is 44.1 Å². The molecule has 3 fully saturated rings. The number of hydrogen-bond acceptors (Lipinski definition) is 4. The van der Waals surface area contributed by atoms with Crippen molar-refractivity contribution in [3.63, 3.8) is 0 Å². The molecule has 112 valence electrons. The lowest BCUT2D eigenvalue weighted by Crippen LogP contribution is -2.51. The Balaban J connectivity index is 1.76. The maximum Gasteiger partial charge on any atom is 0.325 e. The molecule has 5 nitrogen and oxygen atoms in total. The van der Waals surface area contributed by atoms with E-state index in [1.165, 1.54) is 17.7 Å². The lowest BCUT2D eigenvalue weighted by molar-refractivity contribution is -0.135. The monoisotopic (exact) mass is 298 g/mol. The molecule has 20 heavy (non-hydrogen) atoms. The molecule has 2 heterocycles. The van der Waals surface area contributed by atoms with Crippen molar-refractivity contribution in [2.24, 2.45) is 5.41 Å². The number of rotatable bonds is 3. The predicted molar refractivity (Wildman–Crippen MR) is 77.8 cm³/mol. The molecular weight excluding hydrogens is 276 g/mol. The zero-order valence-electron chi connectivity index (χ0n) is 11.7. The lowest BCUT2D eigenvalue weighted by atomic mass is 9.86. The van der Waals surface area contributed by atoms with E-state index in [4.69, 9.17) is 4.74 Å². The Bertz CT molecular complexity index is 415. The van der Waals surface area contributed by atoms with Crippen molar-refractivity contribution < 1.29 is 14.3 Å². The number of nitrogens with zero attached hydrogens (tertiary/aromatic N) is 1. The molecule has 0 radical (unpaired) electrons. The van der Waals surface area contributed by atoms with Gasteiger partial charge in [-0.3, -0.25) is 9.69 Å². The Morgan fingerprint density at radius 2 is 1.80 bits per heavy atom. The smallest absolute Gasteiger partial charge is 0.325 e. The highest BCUT2D eigenvalue weighted by atomic mass is 32.1. The van der Waals surface area contributed by atoms with E-state index in [9.17, 15) is 9.59 Å². The number of carbonyl (C=O) groups excluding carboxylic acids is 2. The summed E-state index contributed by atoms with van der Waals surface area (Å²) in [7, 11) is 0. The number of nitrogens with one attached hydrogen (secondary N) is 1. The molecule has 0 atom stereocenters. The molecule has 0 aromatic heterocycles. The third-order valence-corrected chi connectivity index (χ3v) is 5.76. The summed E-state index contributed by atoms with van der Waals surface area (Å²) in [6.07, 6.45) is 5.63. The van der Waals surface area contributed by atoms with Crippen molar-refractivity contribution in [3.05, 3.63) is 0 Å². The van der Waals surface area contributed by atoms with Crippen LogP contribution in [0.25, 0.3) is 0 Å². The van der Waals surface area contributed by atoms with Crippen LogP contribution < -0.4 is 5.32 Å². The number of urea groups is 1. The summed E-state index contributed by atoms with van der Waals surface area (Å²) in [5.74, 6) is 0.680. The van der Waals surface area contributed by atoms with Crippen LogP contribution in [0.15, 0.2) is 0 Å². The fourth-order valence-electron chi connectivity index (χ4n) is 3.71. The van der Waals surface area contributed by atoms with Gasteiger partial charge in [-0.15, -0.1) is 0 Å². The van der Waals surface area contributed by atoms with Crippen molar-refractivity contribution >= 4 is 24.6 Å². The first-order valence-electron chi connectivity index (χ1n) is 7.44. The average Bonchev–Trinajstić information content (AvgIpc) is 3.01. The van der Waals surface area contributed by atoms with Crippen LogP contribution in [0.2, 0.25) is 0 Å². The van der Waals surface area contributed by atoms with E-state index in [1.54, 1.807) is 0 Å². The minimum atomic E-state index is -0.703. The second kappa shape index (κ2) is 5.22. The van der Waals surface area contributed by atoms with Gasteiger partial charge in [0, 0.05) is 32.6 Å². The quantitative estimate of drug-likeness (QED) is 0.614. The maximum absolute atomic E-state index is 12.7.